The molecule has 1 fully saturated rings. The van der Waals surface area contributed by atoms with E-state index < -0.39 is 12.7 Å². The molecule has 0 aromatic carbocycles. The summed E-state index contributed by atoms with van der Waals surface area (Å²) in [6.45, 7) is 0.284. The molecule has 0 unspecified atom stereocenters. The van der Waals surface area contributed by atoms with Gasteiger partial charge in [0.1, 0.15) is 0 Å². The van der Waals surface area contributed by atoms with Gasteiger partial charge in [0, 0.05) is 19.1 Å². The first-order chi connectivity index (χ1) is 6.97. The molecule has 1 N–H and O–H groups in total. The van der Waals surface area contributed by atoms with Gasteiger partial charge < -0.3 is 5.32 Å². The van der Waals surface area contributed by atoms with Crippen molar-refractivity contribution in [2.24, 2.45) is 0 Å². The molecule has 0 radical (unpaired) electrons. The van der Waals surface area contributed by atoms with Crippen molar-refractivity contribution in [1.29, 1.82) is 0 Å². The van der Waals surface area contributed by atoms with Crippen LogP contribution in [0.25, 0.3) is 0 Å². The van der Waals surface area contributed by atoms with Gasteiger partial charge in [0.05, 0.1) is 6.54 Å². The minimum atomic E-state index is -4.08. The van der Waals surface area contributed by atoms with Gasteiger partial charge in [-0.25, -0.2) is 0 Å². The molecule has 1 saturated carbocycles. The van der Waals surface area contributed by atoms with Gasteiger partial charge in [0.2, 0.25) is 0 Å². The summed E-state index contributed by atoms with van der Waals surface area (Å²) in [4.78, 5) is 1.31. The lowest BCUT2D eigenvalue weighted by Crippen LogP contribution is -2.38. The number of nitrogens with zero attached hydrogens (tertiary/aromatic N) is 1. The molecule has 0 aromatic heterocycles. The van der Waals surface area contributed by atoms with Crippen LogP contribution in [-0.4, -0.2) is 43.8 Å². The Morgan fingerprint density at radius 1 is 1.27 bits per heavy atom. The van der Waals surface area contributed by atoms with E-state index in [1.807, 2.05) is 0 Å². The molecule has 1 aliphatic carbocycles. The first kappa shape index (κ1) is 12.8. The summed E-state index contributed by atoms with van der Waals surface area (Å²) >= 11 is 0. The van der Waals surface area contributed by atoms with Crippen LogP contribution in [0.5, 0.6) is 0 Å². The second kappa shape index (κ2) is 5.70. The number of alkyl halides is 3. The standard InChI is InChI=1S/C10H19F3N2/c1-15(8-10(11,12)13)7-6-14-9-4-2-3-5-9/h9,14H,2-8H2,1H3. The predicted octanol–water partition coefficient (Wildman–Crippen LogP) is 2.01. The van der Waals surface area contributed by atoms with Gasteiger partial charge in [-0.3, -0.25) is 4.90 Å². The van der Waals surface area contributed by atoms with Gasteiger partial charge >= 0.3 is 6.18 Å². The van der Waals surface area contributed by atoms with Crippen molar-refractivity contribution in [3.8, 4) is 0 Å². The fourth-order valence-electron chi connectivity index (χ4n) is 1.97. The predicted molar refractivity (Wildman–Crippen MR) is 53.8 cm³/mol. The fourth-order valence-corrected chi connectivity index (χ4v) is 1.97. The third-order valence-electron chi connectivity index (χ3n) is 2.73. The Morgan fingerprint density at radius 3 is 2.40 bits per heavy atom. The molecule has 0 saturated heterocycles. The van der Waals surface area contributed by atoms with Crippen molar-refractivity contribution in [3.05, 3.63) is 0 Å². The SMILES string of the molecule is CN(CCNC1CCCC1)CC(F)(F)F. The number of halogens is 3. The van der Waals surface area contributed by atoms with Crippen molar-refractivity contribution in [2.45, 2.75) is 37.9 Å². The van der Waals surface area contributed by atoms with Gasteiger partial charge in [-0.2, -0.15) is 13.2 Å². The molecule has 0 atom stereocenters. The molecule has 0 aromatic rings. The average Bonchev–Trinajstić information content (AvgIpc) is 2.53. The molecular formula is C10H19F3N2. The summed E-state index contributed by atoms with van der Waals surface area (Å²) in [5.74, 6) is 0. The minimum Gasteiger partial charge on any atom is -0.313 e. The maximum absolute atomic E-state index is 12.0. The monoisotopic (exact) mass is 224 g/mol. The van der Waals surface area contributed by atoms with Gasteiger partial charge in [-0.15, -0.1) is 0 Å². The topological polar surface area (TPSA) is 15.3 Å². The first-order valence-electron chi connectivity index (χ1n) is 5.46. The minimum absolute atomic E-state index is 0.454. The number of hydrogen-bond donors (Lipinski definition) is 1. The van der Waals surface area contributed by atoms with Crippen LogP contribution in [0.4, 0.5) is 13.2 Å². The largest absolute Gasteiger partial charge is 0.401 e. The highest BCUT2D eigenvalue weighted by molar-refractivity contribution is 4.74. The van der Waals surface area contributed by atoms with Crippen molar-refractivity contribution in [2.75, 3.05) is 26.7 Å². The van der Waals surface area contributed by atoms with Gasteiger partial charge in [-0.05, 0) is 19.9 Å². The maximum atomic E-state index is 12.0. The zero-order valence-corrected chi connectivity index (χ0v) is 9.11. The Bertz CT molecular complexity index is 176. The highest BCUT2D eigenvalue weighted by Crippen LogP contribution is 2.17. The molecule has 1 rings (SSSR count). The van der Waals surface area contributed by atoms with E-state index in [4.69, 9.17) is 0 Å². The van der Waals surface area contributed by atoms with Crippen LogP contribution in [0, 0.1) is 0 Å². The zero-order chi connectivity index (χ0) is 11.3. The van der Waals surface area contributed by atoms with E-state index in [1.54, 1.807) is 0 Å². The van der Waals surface area contributed by atoms with Crippen molar-refractivity contribution >= 4 is 0 Å². The number of rotatable bonds is 5. The molecule has 0 aliphatic heterocycles. The van der Waals surface area contributed by atoms with Crippen LogP contribution in [-0.2, 0) is 0 Å². The van der Waals surface area contributed by atoms with Crippen LogP contribution < -0.4 is 5.32 Å². The molecule has 90 valence electrons. The van der Waals surface area contributed by atoms with Crippen molar-refractivity contribution < 1.29 is 13.2 Å². The second-order valence-electron chi connectivity index (χ2n) is 4.29. The number of hydrogen-bond acceptors (Lipinski definition) is 2. The Morgan fingerprint density at radius 2 is 1.87 bits per heavy atom. The molecule has 0 heterocycles. The summed E-state index contributed by atoms with van der Waals surface area (Å²) in [5.41, 5.74) is 0. The lowest BCUT2D eigenvalue weighted by Gasteiger charge is -2.20. The zero-order valence-electron chi connectivity index (χ0n) is 9.11. The third kappa shape index (κ3) is 5.99. The third-order valence-corrected chi connectivity index (χ3v) is 2.73. The summed E-state index contributed by atoms with van der Waals surface area (Å²) in [6, 6.07) is 0.532. The molecular weight excluding hydrogens is 205 g/mol. The van der Waals surface area contributed by atoms with E-state index in [2.05, 4.69) is 5.32 Å². The molecule has 0 bridgehead atoms. The van der Waals surface area contributed by atoms with E-state index in [1.165, 1.54) is 37.6 Å². The highest BCUT2D eigenvalue weighted by atomic mass is 19.4. The van der Waals surface area contributed by atoms with Crippen LogP contribution >= 0.6 is 0 Å². The number of likely N-dealkylation sites (N-methyl/N-ethyl adjacent to an activating group) is 1. The Kier molecular flexibility index (Phi) is 4.86. The summed E-state index contributed by atoms with van der Waals surface area (Å²) in [5, 5.41) is 3.29. The highest BCUT2D eigenvalue weighted by Gasteiger charge is 2.28. The van der Waals surface area contributed by atoms with E-state index >= 15 is 0 Å². The fraction of sp³-hybridized carbons (Fsp3) is 1.00. The van der Waals surface area contributed by atoms with Crippen LogP contribution in [0.15, 0.2) is 0 Å². The molecule has 2 nitrogen and oxygen atoms in total. The Hall–Kier alpha value is -0.290. The summed E-state index contributed by atoms with van der Waals surface area (Å²) in [7, 11) is 1.50. The first-order valence-corrected chi connectivity index (χ1v) is 5.46. The molecule has 1 aliphatic rings. The number of nitrogens with one attached hydrogen (secondary N) is 1. The average molecular weight is 224 g/mol. The second-order valence-corrected chi connectivity index (χ2v) is 4.29. The molecule has 5 heteroatoms. The van der Waals surface area contributed by atoms with Gasteiger partial charge in [0.25, 0.3) is 0 Å². The summed E-state index contributed by atoms with van der Waals surface area (Å²) in [6.07, 6.45) is 0.750. The van der Waals surface area contributed by atoms with Crippen molar-refractivity contribution in [3.63, 3.8) is 0 Å². The van der Waals surface area contributed by atoms with E-state index in [0.29, 0.717) is 19.1 Å². The molecule has 15 heavy (non-hydrogen) atoms. The Labute approximate surface area is 88.8 Å². The quantitative estimate of drug-likeness (QED) is 0.768. The van der Waals surface area contributed by atoms with Gasteiger partial charge in [-0.1, -0.05) is 12.8 Å². The smallest absolute Gasteiger partial charge is 0.313 e. The van der Waals surface area contributed by atoms with E-state index in [-0.39, 0.29) is 0 Å². The molecule has 0 spiro atoms. The van der Waals surface area contributed by atoms with Crippen molar-refractivity contribution in [1.82, 2.24) is 10.2 Å². The van der Waals surface area contributed by atoms with E-state index in [0.717, 1.165) is 0 Å². The Balaban J connectivity index is 2.03. The normalized spacial score (nSPS) is 19.0. The lowest BCUT2D eigenvalue weighted by atomic mass is 10.2. The summed E-state index contributed by atoms with van der Waals surface area (Å²) < 4.78 is 35.9. The van der Waals surface area contributed by atoms with Crippen LogP contribution in [0.3, 0.4) is 0 Å². The maximum Gasteiger partial charge on any atom is 0.401 e. The molecule has 0 amide bonds. The lowest BCUT2D eigenvalue weighted by molar-refractivity contribution is -0.142. The van der Waals surface area contributed by atoms with Crippen LogP contribution in [0.1, 0.15) is 25.7 Å². The van der Waals surface area contributed by atoms with Crippen LogP contribution in [0.2, 0.25) is 0 Å². The van der Waals surface area contributed by atoms with Gasteiger partial charge in [0.15, 0.2) is 0 Å². The van der Waals surface area contributed by atoms with E-state index in [9.17, 15) is 13.2 Å².